The van der Waals surface area contributed by atoms with Crippen LogP contribution in [0, 0.1) is 13.8 Å². The predicted octanol–water partition coefficient (Wildman–Crippen LogP) is 2.84. The van der Waals surface area contributed by atoms with Crippen molar-refractivity contribution in [2.75, 3.05) is 13.2 Å². The summed E-state index contributed by atoms with van der Waals surface area (Å²) in [5, 5.41) is 1.66. The first-order valence-corrected chi connectivity index (χ1v) is 10.9. The molecular weight excluding hydrogens is 388 g/mol. The Morgan fingerprint density at radius 3 is 2.56 bits per heavy atom. The van der Waals surface area contributed by atoms with E-state index in [9.17, 15) is 18.0 Å². The molecular formula is C18H24N2O5S2. The number of hydrogen-bond acceptors (Lipinski definition) is 6. The lowest BCUT2D eigenvalue weighted by Crippen LogP contribution is -2.26. The van der Waals surface area contributed by atoms with Crippen LogP contribution in [-0.2, 0) is 19.6 Å². The number of ether oxygens (including phenoxy) is 1. The number of esters is 1. The van der Waals surface area contributed by atoms with Crippen LogP contribution in [-0.4, -0.2) is 37.9 Å². The monoisotopic (exact) mass is 412 g/mol. The zero-order valence-electron chi connectivity index (χ0n) is 15.8. The molecule has 9 heteroatoms. The van der Waals surface area contributed by atoms with Gasteiger partial charge in [-0.05, 0) is 45.2 Å². The summed E-state index contributed by atoms with van der Waals surface area (Å²) in [6.45, 7) is 7.40. The summed E-state index contributed by atoms with van der Waals surface area (Å²) in [4.78, 5) is 24.2. The number of aromatic nitrogens is 1. The highest BCUT2D eigenvalue weighted by Crippen LogP contribution is 2.20. The van der Waals surface area contributed by atoms with Gasteiger partial charge in [0.05, 0.1) is 6.42 Å². The molecule has 0 saturated heterocycles. The van der Waals surface area contributed by atoms with E-state index in [-0.39, 0.29) is 35.6 Å². The fourth-order valence-corrected chi connectivity index (χ4v) is 4.99. The maximum Gasteiger partial charge on any atom is 0.307 e. The molecule has 0 atom stereocenters. The topological polar surface area (TPSA) is 94.5 Å². The third-order valence-corrected chi connectivity index (χ3v) is 6.91. The minimum absolute atomic E-state index is 0.0882. The fraction of sp³-hybridized carbons (Fsp3) is 0.444. The van der Waals surface area contributed by atoms with Crippen LogP contribution in [0.4, 0.5) is 0 Å². The Balaban J connectivity index is 1.84. The highest BCUT2D eigenvalue weighted by Gasteiger charge is 2.19. The number of Topliss-reactive ketones (excluding diaryl/α,β-unsaturated/α-hetero) is 1. The fourth-order valence-electron chi connectivity index (χ4n) is 2.92. The summed E-state index contributed by atoms with van der Waals surface area (Å²) >= 11 is 1.09. The van der Waals surface area contributed by atoms with E-state index in [1.165, 1.54) is 6.07 Å². The lowest BCUT2D eigenvalue weighted by molar-refractivity contribution is -0.142. The van der Waals surface area contributed by atoms with Crippen LogP contribution < -0.4 is 4.72 Å². The highest BCUT2D eigenvalue weighted by atomic mass is 32.2. The molecule has 0 aromatic carbocycles. The van der Waals surface area contributed by atoms with Crippen molar-refractivity contribution in [2.45, 2.75) is 44.4 Å². The number of nitrogens with zero attached hydrogens (tertiary/aromatic N) is 1. The van der Waals surface area contributed by atoms with Gasteiger partial charge in [0.25, 0.3) is 0 Å². The number of rotatable bonds is 9. The third-order valence-electron chi connectivity index (χ3n) is 4.05. The number of carbonyl (C=O) groups is 2. The summed E-state index contributed by atoms with van der Waals surface area (Å²) < 4.78 is 33.5. The molecule has 1 N–H and O–H groups in total. The molecule has 0 aliphatic rings. The lowest BCUT2D eigenvalue weighted by atomic mass is 10.1. The first-order valence-electron chi connectivity index (χ1n) is 8.54. The molecule has 27 heavy (non-hydrogen) atoms. The van der Waals surface area contributed by atoms with Crippen LogP contribution in [0.5, 0.6) is 0 Å². The SMILES string of the molecule is Cc1cc(C(=O)COC(=O)CCNS(=O)(=O)c2cccs2)c(C)n1C(C)C. The van der Waals surface area contributed by atoms with E-state index in [2.05, 4.69) is 9.29 Å². The quantitative estimate of drug-likeness (QED) is 0.505. The molecule has 0 aliphatic carbocycles. The van der Waals surface area contributed by atoms with Crippen molar-refractivity contribution in [1.82, 2.24) is 9.29 Å². The van der Waals surface area contributed by atoms with E-state index >= 15 is 0 Å². The second kappa shape index (κ2) is 8.81. The molecule has 2 heterocycles. The van der Waals surface area contributed by atoms with Gasteiger partial charge in [0.2, 0.25) is 15.8 Å². The molecule has 2 rings (SSSR count). The summed E-state index contributed by atoms with van der Waals surface area (Å²) in [5.41, 5.74) is 2.35. The van der Waals surface area contributed by atoms with Crippen LogP contribution >= 0.6 is 11.3 Å². The van der Waals surface area contributed by atoms with Crippen molar-refractivity contribution < 1.29 is 22.7 Å². The van der Waals surface area contributed by atoms with E-state index < -0.39 is 16.0 Å². The maximum absolute atomic E-state index is 12.3. The number of nitrogens with one attached hydrogen (secondary N) is 1. The van der Waals surface area contributed by atoms with E-state index in [0.717, 1.165) is 22.7 Å². The minimum atomic E-state index is -3.61. The summed E-state index contributed by atoms with van der Waals surface area (Å²) in [7, 11) is -3.61. The standard InChI is InChI=1S/C18H24N2O5S2/c1-12(2)20-13(3)10-15(14(20)4)16(21)11-25-17(22)7-8-19-27(23,24)18-6-5-9-26-18/h5-6,9-10,12,19H,7-8,11H2,1-4H3. The Labute approximate surface area is 163 Å². The Kier molecular flexibility index (Phi) is 6.96. The average molecular weight is 413 g/mol. The summed E-state index contributed by atoms with van der Waals surface area (Å²) in [6, 6.07) is 5.14. The molecule has 0 radical (unpaired) electrons. The molecule has 0 fully saturated rings. The van der Waals surface area contributed by atoms with Crippen LogP contribution in [0.25, 0.3) is 0 Å². The predicted molar refractivity (Wildman–Crippen MR) is 104 cm³/mol. The van der Waals surface area contributed by atoms with E-state index in [0.29, 0.717) is 5.56 Å². The first-order chi connectivity index (χ1) is 12.6. The van der Waals surface area contributed by atoms with Gasteiger partial charge in [0.1, 0.15) is 4.21 Å². The zero-order chi connectivity index (χ0) is 20.2. The number of hydrogen-bond donors (Lipinski definition) is 1. The zero-order valence-corrected chi connectivity index (χ0v) is 17.4. The lowest BCUT2D eigenvalue weighted by Gasteiger charge is -2.13. The van der Waals surface area contributed by atoms with Crippen molar-refractivity contribution in [3.63, 3.8) is 0 Å². The molecule has 148 valence electrons. The first kappa shape index (κ1) is 21.3. The van der Waals surface area contributed by atoms with Crippen LogP contribution in [0.1, 0.15) is 48.1 Å². The Morgan fingerprint density at radius 2 is 2.00 bits per heavy atom. The molecule has 2 aromatic heterocycles. The van der Waals surface area contributed by atoms with Gasteiger partial charge in [-0.3, -0.25) is 9.59 Å². The van der Waals surface area contributed by atoms with E-state index in [1.54, 1.807) is 17.5 Å². The number of aryl methyl sites for hydroxylation is 1. The molecule has 0 spiro atoms. The Bertz CT molecular complexity index is 912. The molecule has 7 nitrogen and oxygen atoms in total. The molecule has 2 aromatic rings. The van der Waals surface area contributed by atoms with Crippen LogP contribution in [0.15, 0.2) is 27.8 Å². The molecule has 0 bridgehead atoms. The van der Waals surface area contributed by atoms with Gasteiger partial charge in [-0.1, -0.05) is 6.07 Å². The number of ketones is 1. The van der Waals surface area contributed by atoms with Crippen molar-refractivity contribution >= 4 is 33.1 Å². The van der Waals surface area contributed by atoms with Gasteiger partial charge < -0.3 is 9.30 Å². The number of thiophene rings is 1. The van der Waals surface area contributed by atoms with Gasteiger partial charge in [-0.2, -0.15) is 0 Å². The molecule has 0 aliphatic heterocycles. The second-order valence-electron chi connectivity index (χ2n) is 6.41. The van der Waals surface area contributed by atoms with Crippen molar-refractivity contribution in [2.24, 2.45) is 0 Å². The highest BCUT2D eigenvalue weighted by molar-refractivity contribution is 7.91. The average Bonchev–Trinajstić information content (AvgIpc) is 3.21. The van der Waals surface area contributed by atoms with Gasteiger partial charge in [0, 0.05) is 29.5 Å². The Hall–Kier alpha value is -1.97. The summed E-state index contributed by atoms with van der Waals surface area (Å²) in [6.07, 6.45) is -0.150. The van der Waals surface area contributed by atoms with Crippen molar-refractivity contribution in [1.29, 1.82) is 0 Å². The smallest absolute Gasteiger partial charge is 0.307 e. The number of carbonyl (C=O) groups excluding carboxylic acids is 2. The van der Waals surface area contributed by atoms with Gasteiger partial charge in [0.15, 0.2) is 6.61 Å². The molecule has 0 amide bonds. The third kappa shape index (κ3) is 5.27. The van der Waals surface area contributed by atoms with Gasteiger partial charge in [-0.15, -0.1) is 11.3 Å². The maximum atomic E-state index is 12.3. The van der Waals surface area contributed by atoms with Crippen LogP contribution in [0.3, 0.4) is 0 Å². The molecule has 0 unspecified atom stereocenters. The van der Waals surface area contributed by atoms with Gasteiger partial charge >= 0.3 is 5.97 Å². The molecule has 0 saturated carbocycles. The van der Waals surface area contributed by atoms with Gasteiger partial charge in [-0.25, -0.2) is 13.1 Å². The largest absolute Gasteiger partial charge is 0.457 e. The van der Waals surface area contributed by atoms with Crippen molar-refractivity contribution in [3.8, 4) is 0 Å². The van der Waals surface area contributed by atoms with E-state index in [1.807, 2.05) is 27.7 Å². The summed E-state index contributed by atoms with van der Waals surface area (Å²) in [5.74, 6) is -0.905. The normalized spacial score (nSPS) is 11.7. The Morgan fingerprint density at radius 1 is 1.30 bits per heavy atom. The second-order valence-corrected chi connectivity index (χ2v) is 9.35. The van der Waals surface area contributed by atoms with Crippen molar-refractivity contribution in [3.05, 3.63) is 40.5 Å². The van der Waals surface area contributed by atoms with E-state index in [4.69, 9.17) is 4.74 Å². The minimum Gasteiger partial charge on any atom is -0.457 e. The number of sulfonamides is 1. The van der Waals surface area contributed by atoms with Crippen LogP contribution in [0.2, 0.25) is 0 Å².